The number of ether oxygens (including phenoxy) is 1. The molecule has 0 fully saturated rings. The molecule has 1 heterocycles. The van der Waals surface area contributed by atoms with Crippen molar-refractivity contribution in [3.8, 4) is 16.2 Å². The predicted octanol–water partition coefficient (Wildman–Crippen LogP) is 4.10. The Morgan fingerprint density at radius 2 is 2.06 bits per heavy atom. The van der Waals surface area contributed by atoms with Crippen LogP contribution in [0.5, 0.6) is 5.75 Å². The summed E-state index contributed by atoms with van der Waals surface area (Å²) in [6, 6.07) is 9.77. The van der Waals surface area contributed by atoms with E-state index in [4.69, 9.17) is 22.1 Å². The molecular weight excluding hydrogens is 254 g/mol. The largest absolute Gasteiger partial charge is 0.496 e. The number of benzene rings is 1. The Kier molecular flexibility index (Phi) is 3.72. The minimum absolute atomic E-state index is 0.0546. The van der Waals surface area contributed by atoms with Crippen molar-refractivity contribution < 1.29 is 4.74 Å². The van der Waals surface area contributed by atoms with Crippen LogP contribution in [-0.4, -0.2) is 7.11 Å². The molecule has 1 atom stereocenters. The highest BCUT2D eigenvalue weighted by Gasteiger charge is 2.10. The zero-order valence-corrected chi connectivity index (χ0v) is 11.3. The molecule has 90 valence electrons. The molecule has 0 amide bonds. The van der Waals surface area contributed by atoms with Crippen LogP contribution in [0.25, 0.3) is 10.4 Å². The van der Waals surface area contributed by atoms with Crippen molar-refractivity contribution in [1.82, 2.24) is 0 Å². The van der Waals surface area contributed by atoms with Crippen LogP contribution in [0.3, 0.4) is 0 Å². The first kappa shape index (κ1) is 12.4. The quantitative estimate of drug-likeness (QED) is 0.909. The van der Waals surface area contributed by atoms with Crippen molar-refractivity contribution in [2.45, 2.75) is 13.0 Å². The number of hydrogen-bond donors (Lipinski definition) is 1. The average Bonchev–Trinajstić information content (AvgIpc) is 2.78. The average molecular weight is 268 g/mol. The summed E-state index contributed by atoms with van der Waals surface area (Å²) in [6.45, 7) is 1.98. The summed E-state index contributed by atoms with van der Waals surface area (Å²) in [5.74, 6) is 0.826. The maximum Gasteiger partial charge on any atom is 0.127 e. The van der Waals surface area contributed by atoms with Crippen LogP contribution in [0.15, 0.2) is 30.3 Å². The fourth-order valence-electron chi connectivity index (χ4n) is 1.62. The van der Waals surface area contributed by atoms with Crippen molar-refractivity contribution in [1.29, 1.82) is 0 Å². The van der Waals surface area contributed by atoms with Gasteiger partial charge in [0.15, 0.2) is 0 Å². The van der Waals surface area contributed by atoms with Gasteiger partial charge >= 0.3 is 0 Å². The van der Waals surface area contributed by atoms with Gasteiger partial charge in [0.2, 0.25) is 0 Å². The molecule has 0 saturated carbocycles. The third kappa shape index (κ3) is 2.63. The molecule has 17 heavy (non-hydrogen) atoms. The first-order valence-corrected chi connectivity index (χ1v) is 6.50. The molecule has 0 aliphatic rings. The zero-order chi connectivity index (χ0) is 12.4. The molecule has 2 rings (SSSR count). The molecule has 0 spiro atoms. The van der Waals surface area contributed by atoms with Gasteiger partial charge in [-0.25, -0.2) is 0 Å². The summed E-state index contributed by atoms with van der Waals surface area (Å²) in [5, 5.41) is 0.705. The molecule has 0 aliphatic heterocycles. The highest BCUT2D eigenvalue weighted by atomic mass is 35.5. The number of rotatable bonds is 3. The maximum absolute atomic E-state index is 6.02. The lowest BCUT2D eigenvalue weighted by Gasteiger charge is -2.07. The van der Waals surface area contributed by atoms with Crippen LogP contribution in [0.2, 0.25) is 5.02 Å². The number of nitrogens with two attached hydrogens (primary N) is 1. The van der Waals surface area contributed by atoms with Gasteiger partial charge in [-0.1, -0.05) is 11.6 Å². The topological polar surface area (TPSA) is 35.2 Å². The molecule has 2 aromatic rings. The highest BCUT2D eigenvalue weighted by molar-refractivity contribution is 7.15. The van der Waals surface area contributed by atoms with Crippen LogP contribution < -0.4 is 10.5 Å². The van der Waals surface area contributed by atoms with Gasteiger partial charge in [0.05, 0.1) is 7.11 Å². The molecule has 4 heteroatoms. The summed E-state index contributed by atoms with van der Waals surface area (Å²) in [7, 11) is 1.66. The lowest BCUT2D eigenvalue weighted by molar-refractivity contribution is 0.416. The van der Waals surface area contributed by atoms with E-state index in [1.807, 2.05) is 31.2 Å². The summed E-state index contributed by atoms with van der Waals surface area (Å²) in [6.07, 6.45) is 0. The predicted molar refractivity (Wildman–Crippen MR) is 73.9 cm³/mol. The molecule has 0 radical (unpaired) electrons. The monoisotopic (exact) mass is 267 g/mol. The summed E-state index contributed by atoms with van der Waals surface area (Å²) < 4.78 is 5.34. The highest BCUT2D eigenvalue weighted by Crippen LogP contribution is 2.37. The van der Waals surface area contributed by atoms with E-state index in [1.165, 1.54) is 0 Å². The zero-order valence-electron chi connectivity index (χ0n) is 9.74. The van der Waals surface area contributed by atoms with Gasteiger partial charge in [0.25, 0.3) is 0 Å². The van der Waals surface area contributed by atoms with Gasteiger partial charge in [-0.15, -0.1) is 11.3 Å². The first-order valence-electron chi connectivity index (χ1n) is 5.31. The fraction of sp³-hybridized carbons (Fsp3) is 0.231. The van der Waals surface area contributed by atoms with E-state index in [2.05, 4.69) is 6.07 Å². The van der Waals surface area contributed by atoms with E-state index in [0.717, 1.165) is 21.1 Å². The Hall–Kier alpha value is -1.03. The minimum Gasteiger partial charge on any atom is -0.496 e. The second-order valence-corrected chi connectivity index (χ2v) is 5.39. The van der Waals surface area contributed by atoms with E-state index in [0.29, 0.717) is 5.02 Å². The molecule has 1 aromatic carbocycles. The second-order valence-electron chi connectivity index (χ2n) is 3.84. The van der Waals surface area contributed by atoms with Crippen LogP contribution in [-0.2, 0) is 0 Å². The Bertz CT molecular complexity index is 522. The summed E-state index contributed by atoms with van der Waals surface area (Å²) in [5.41, 5.74) is 6.87. The minimum atomic E-state index is 0.0546. The van der Waals surface area contributed by atoms with Crippen LogP contribution in [0.4, 0.5) is 0 Å². The van der Waals surface area contributed by atoms with Gasteiger partial charge in [0.1, 0.15) is 5.75 Å². The van der Waals surface area contributed by atoms with Crippen molar-refractivity contribution >= 4 is 22.9 Å². The maximum atomic E-state index is 6.02. The van der Waals surface area contributed by atoms with E-state index < -0.39 is 0 Å². The van der Waals surface area contributed by atoms with E-state index >= 15 is 0 Å². The van der Waals surface area contributed by atoms with Gasteiger partial charge in [0, 0.05) is 26.4 Å². The Balaban J connectivity index is 2.47. The Labute approximate surface area is 110 Å². The molecule has 0 aliphatic carbocycles. The van der Waals surface area contributed by atoms with Crippen molar-refractivity contribution in [2.75, 3.05) is 7.11 Å². The molecule has 0 saturated heterocycles. The number of thiophene rings is 1. The molecule has 1 unspecified atom stereocenters. The second kappa shape index (κ2) is 5.08. The summed E-state index contributed by atoms with van der Waals surface area (Å²) >= 11 is 7.69. The van der Waals surface area contributed by atoms with Crippen molar-refractivity contribution in [3.05, 3.63) is 40.2 Å². The lowest BCUT2D eigenvalue weighted by atomic mass is 10.1. The number of methoxy groups -OCH3 is 1. The Morgan fingerprint density at radius 1 is 1.29 bits per heavy atom. The van der Waals surface area contributed by atoms with Crippen LogP contribution >= 0.6 is 22.9 Å². The smallest absolute Gasteiger partial charge is 0.127 e. The SMILES string of the molecule is COc1ccc(Cl)cc1-c1ccc(C(C)N)s1. The molecule has 2 nitrogen and oxygen atoms in total. The molecule has 1 aromatic heterocycles. The molecule has 0 bridgehead atoms. The Morgan fingerprint density at radius 3 is 2.65 bits per heavy atom. The number of hydrogen-bond acceptors (Lipinski definition) is 3. The van der Waals surface area contributed by atoms with Crippen LogP contribution in [0.1, 0.15) is 17.8 Å². The molecular formula is C13H14ClNOS. The lowest BCUT2D eigenvalue weighted by Crippen LogP contribution is -2.01. The number of halogens is 1. The summed E-state index contributed by atoms with van der Waals surface area (Å²) in [4.78, 5) is 2.28. The van der Waals surface area contributed by atoms with Gasteiger partial charge in [-0.05, 0) is 37.3 Å². The van der Waals surface area contributed by atoms with Crippen molar-refractivity contribution in [3.63, 3.8) is 0 Å². The van der Waals surface area contributed by atoms with E-state index in [1.54, 1.807) is 18.4 Å². The third-order valence-corrected chi connectivity index (χ3v) is 4.06. The molecule has 2 N–H and O–H groups in total. The van der Waals surface area contributed by atoms with Gasteiger partial charge in [-0.2, -0.15) is 0 Å². The van der Waals surface area contributed by atoms with Gasteiger partial charge in [-0.3, -0.25) is 0 Å². The fourth-order valence-corrected chi connectivity index (χ4v) is 2.77. The normalized spacial score (nSPS) is 12.5. The van der Waals surface area contributed by atoms with E-state index in [-0.39, 0.29) is 6.04 Å². The van der Waals surface area contributed by atoms with Gasteiger partial charge < -0.3 is 10.5 Å². The van der Waals surface area contributed by atoms with E-state index in [9.17, 15) is 0 Å². The third-order valence-electron chi connectivity index (χ3n) is 2.50. The first-order chi connectivity index (χ1) is 8.11. The van der Waals surface area contributed by atoms with Crippen LogP contribution in [0, 0.1) is 0 Å². The standard InChI is InChI=1S/C13H14ClNOS/c1-8(15)12-5-6-13(17-12)10-7-9(14)3-4-11(10)16-2/h3-8H,15H2,1-2H3. The van der Waals surface area contributed by atoms with Crippen molar-refractivity contribution in [2.24, 2.45) is 5.73 Å².